The van der Waals surface area contributed by atoms with Gasteiger partial charge in [0.2, 0.25) is 0 Å². The van der Waals surface area contributed by atoms with Crippen LogP contribution in [-0.2, 0) is 9.53 Å². The van der Waals surface area contributed by atoms with Crippen LogP contribution in [0.2, 0.25) is 0 Å². The molecule has 0 saturated carbocycles. The third kappa shape index (κ3) is 3.44. The predicted molar refractivity (Wildman–Crippen MR) is 92.5 cm³/mol. The van der Waals surface area contributed by atoms with Crippen molar-refractivity contribution in [2.45, 2.75) is 19.8 Å². The van der Waals surface area contributed by atoms with E-state index in [1.165, 1.54) is 13.4 Å². The smallest absolute Gasteiger partial charge is 0.305 e. The van der Waals surface area contributed by atoms with Crippen molar-refractivity contribution in [1.29, 1.82) is 0 Å². The monoisotopic (exact) mass is 357 g/mol. The fourth-order valence-electron chi connectivity index (χ4n) is 2.68. The second-order valence-electron chi connectivity index (χ2n) is 5.89. The minimum Gasteiger partial charge on any atom is -0.469 e. The molecule has 0 unspecified atom stereocenters. The number of rotatable bonds is 6. The summed E-state index contributed by atoms with van der Waals surface area (Å²) in [5, 5.41) is 4.49. The number of esters is 1. The van der Waals surface area contributed by atoms with Gasteiger partial charge in [-0.25, -0.2) is 4.98 Å². The molecule has 3 aromatic rings. The van der Waals surface area contributed by atoms with Gasteiger partial charge in [-0.3, -0.25) is 9.59 Å². The first-order valence-corrected chi connectivity index (χ1v) is 8.14. The fourth-order valence-corrected chi connectivity index (χ4v) is 2.68. The number of hydrogen-bond donors (Lipinski definition) is 0. The third-order valence-corrected chi connectivity index (χ3v) is 4.07. The molecule has 3 aromatic heterocycles. The Balaban J connectivity index is 1.91. The van der Waals surface area contributed by atoms with E-state index >= 15 is 0 Å². The maximum Gasteiger partial charge on any atom is 0.305 e. The zero-order valence-electron chi connectivity index (χ0n) is 14.8. The number of aromatic nitrogens is 2. The number of pyridine rings is 1. The fraction of sp³-hybridized carbons (Fsp3) is 0.333. The molecule has 0 fully saturated rings. The second kappa shape index (κ2) is 7.38. The molecule has 0 aliphatic rings. The van der Waals surface area contributed by atoms with Crippen molar-refractivity contribution in [3.8, 4) is 11.5 Å². The molecular weight excluding hydrogens is 338 g/mol. The minimum atomic E-state index is -0.299. The van der Waals surface area contributed by atoms with Gasteiger partial charge in [0, 0.05) is 20.0 Å². The Morgan fingerprint density at radius 2 is 2.15 bits per heavy atom. The van der Waals surface area contributed by atoms with Crippen LogP contribution in [0, 0.1) is 6.92 Å². The molecule has 1 amide bonds. The summed E-state index contributed by atoms with van der Waals surface area (Å²) in [6.45, 7) is 2.17. The lowest BCUT2D eigenvalue weighted by Gasteiger charge is -2.17. The van der Waals surface area contributed by atoms with Crippen LogP contribution in [0.3, 0.4) is 0 Å². The van der Waals surface area contributed by atoms with Gasteiger partial charge in [0.15, 0.2) is 5.76 Å². The number of hydrogen-bond acceptors (Lipinski definition) is 7. The molecule has 0 spiro atoms. The first kappa shape index (κ1) is 17.7. The van der Waals surface area contributed by atoms with Gasteiger partial charge in [0.25, 0.3) is 11.6 Å². The molecule has 3 rings (SSSR count). The number of nitrogens with zero attached hydrogens (tertiary/aromatic N) is 3. The van der Waals surface area contributed by atoms with Crippen LogP contribution in [-0.4, -0.2) is 47.6 Å². The first-order valence-electron chi connectivity index (χ1n) is 8.14. The Hall–Kier alpha value is -3.16. The standard InChI is InChI=1S/C18H19N3O5/c1-11-16-12(18(23)21(2)8-4-7-15(22)24-3)10-13(14-6-5-9-25-14)19-17(16)26-20-11/h5-6,9-10H,4,7-8H2,1-3H3. The maximum absolute atomic E-state index is 13.0. The Kier molecular flexibility index (Phi) is 5.01. The van der Waals surface area contributed by atoms with E-state index in [0.29, 0.717) is 41.1 Å². The summed E-state index contributed by atoms with van der Waals surface area (Å²) in [7, 11) is 3.02. The van der Waals surface area contributed by atoms with Crippen LogP contribution < -0.4 is 0 Å². The van der Waals surface area contributed by atoms with E-state index in [1.54, 1.807) is 37.1 Å². The Morgan fingerprint density at radius 3 is 2.85 bits per heavy atom. The average Bonchev–Trinajstić information content (AvgIpc) is 3.30. The number of carbonyl (C=O) groups excluding carboxylic acids is 2. The summed E-state index contributed by atoms with van der Waals surface area (Å²) in [4.78, 5) is 30.1. The summed E-state index contributed by atoms with van der Waals surface area (Å²) in [6, 6.07) is 5.17. The lowest BCUT2D eigenvalue weighted by Crippen LogP contribution is -2.28. The molecule has 0 aliphatic heterocycles. The predicted octanol–water partition coefficient (Wildman–Crippen LogP) is 2.82. The number of carbonyl (C=O) groups is 2. The summed E-state index contributed by atoms with van der Waals surface area (Å²) in [6.07, 6.45) is 2.30. The van der Waals surface area contributed by atoms with E-state index in [9.17, 15) is 9.59 Å². The Bertz CT molecular complexity index is 930. The van der Waals surface area contributed by atoms with Crippen molar-refractivity contribution in [1.82, 2.24) is 15.0 Å². The normalized spacial score (nSPS) is 10.9. The molecule has 3 heterocycles. The van der Waals surface area contributed by atoms with Gasteiger partial charge >= 0.3 is 5.97 Å². The number of amides is 1. The van der Waals surface area contributed by atoms with Crippen molar-refractivity contribution in [2.24, 2.45) is 0 Å². The van der Waals surface area contributed by atoms with Gasteiger partial charge in [0.05, 0.1) is 30.0 Å². The van der Waals surface area contributed by atoms with Crippen LogP contribution >= 0.6 is 0 Å². The Morgan fingerprint density at radius 1 is 1.35 bits per heavy atom. The molecule has 0 bridgehead atoms. The molecule has 0 aromatic carbocycles. The molecule has 26 heavy (non-hydrogen) atoms. The van der Waals surface area contributed by atoms with Crippen LogP contribution in [0.4, 0.5) is 0 Å². The maximum atomic E-state index is 13.0. The van der Waals surface area contributed by atoms with Crippen molar-refractivity contribution >= 4 is 23.0 Å². The van der Waals surface area contributed by atoms with E-state index < -0.39 is 0 Å². The zero-order valence-corrected chi connectivity index (χ0v) is 14.8. The zero-order chi connectivity index (χ0) is 18.7. The number of aryl methyl sites for hydroxylation is 1. The van der Waals surface area contributed by atoms with E-state index in [2.05, 4.69) is 14.9 Å². The van der Waals surface area contributed by atoms with Crippen LogP contribution in [0.1, 0.15) is 28.9 Å². The third-order valence-electron chi connectivity index (χ3n) is 4.07. The summed E-state index contributed by atoms with van der Waals surface area (Å²) < 4.78 is 15.2. The summed E-state index contributed by atoms with van der Waals surface area (Å²) in [5.41, 5.74) is 1.79. The van der Waals surface area contributed by atoms with E-state index in [4.69, 9.17) is 8.94 Å². The quantitative estimate of drug-likeness (QED) is 0.625. The minimum absolute atomic E-state index is 0.207. The SMILES string of the molecule is COC(=O)CCCN(C)C(=O)c1cc(-c2ccco2)nc2onc(C)c12. The number of fused-ring (bicyclic) bond motifs is 1. The highest BCUT2D eigenvalue weighted by molar-refractivity contribution is 6.06. The van der Waals surface area contributed by atoms with Crippen LogP contribution in [0.5, 0.6) is 0 Å². The highest BCUT2D eigenvalue weighted by atomic mass is 16.5. The van der Waals surface area contributed by atoms with Gasteiger partial charge in [-0.2, -0.15) is 0 Å². The van der Waals surface area contributed by atoms with Crippen molar-refractivity contribution in [3.63, 3.8) is 0 Å². The molecule has 8 nitrogen and oxygen atoms in total. The Labute approximate surface area is 149 Å². The molecular formula is C18H19N3O5. The van der Waals surface area contributed by atoms with Crippen molar-refractivity contribution < 1.29 is 23.3 Å². The molecule has 8 heteroatoms. The number of methoxy groups -OCH3 is 1. The molecule has 0 N–H and O–H groups in total. The number of furan rings is 1. The number of ether oxygens (including phenoxy) is 1. The molecule has 136 valence electrons. The van der Waals surface area contributed by atoms with Crippen molar-refractivity contribution in [3.05, 3.63) is 35.7 Å². The summed E-state index contributed by atoms with van der Waals surface area (Å²) >= 11 is 0. The lowest BCUT2D eigenvalue weighted by molar-refractivity contribution is -0.140. The second-order valence-corrected chi connectivity index (χ2v) is 5.89. The molecule has 0 atom stereocenters. The van der Waals surface area contributed by atoms with Gasteiger partial charge in [-0.1, -0.05) is 5.16 Å². The van der Waals surface area contributed by atoms with Crippen LogP contribution in [0.15, 0.2) is 33.4 Å². The van der Waals surface area contributed by atoms with Gasteiger partial charge in [-0.15, -0.1) is 0 Å². The summed E-state index contributed by atoms with van der Waals surface area (Å²) in [5.74, 6) is 0.0249. The van der Waals surface area contributed by atoms with E-state index in [0.717, 1.165) is 0 Å². The molecule has 0 saturated heterocycles. The van der Waals surface area contributed by atoms with Gasteiger partial charge in [0.1, 0.15) is 5.69 Å². The lowest BCUT2D eigenvalue weighted by atomic mass is 10.1. The average molecular weight is 357 g/mol. The highest BCUT2D eigenvalue weighted by Gasteiger charge is 2.22. The van der Waals surface area contributed by atoms with Gasteiger partial charge in [-0.05, 0) is 31.5 Å². The van der Waals surface area contributed by atoms with E-state index in [-0.39, 0.29) is 24.0 Å². The first-order chi connectivity index (χ1) is 12.5. The largest absolute Gasteiger partial charge is 0.469 e. The van der Waals surface area contributed by atoms with Crippen molar-refractivity contribution in [2.75, 3.05) is 20.7 Å². The van der Waals surface area contributed by atoms with Gasteiger partial charge < -0.3 is 18.6 Å². The van der Waals surface area contributed by atoms with E-state index in [1.807, 2.05) is 0 Å². The topological polar surface area (TPSA) is 98.7 Å². The molecule has 0 aliphatic carbocycles. The van der Waals surface area contributed by atoms with Crippen LogP contribution in [0.25, 0.3) is 22.6 Å². The molecule has 0 radical (unpaired) electrons. The highest BCUT2D eigenvalue weighted by Crippen LogP contribution is 2.28.